The number of hydrogen-bond donors (Lipinski definition) is 2. The highest BCUT2D eigenvalue weighted by molar-refractivity contribution is 5.90. The highest BCUT2D eigenvalue weighted by Crippen LogP contribution is 2.44. The quantitative estimate of drug-likeness (QED) is 0.386. The van der Waals surface area contributed by atoms with Crippen LogP contribution in [0, 0.1) is 31.5 Å². The Labute approximate surface area is 191 Å². The van der Waals surface area contributed by atoms with Gasteiger partial charge in [0.25, 0.3) is 0 Å². The molecule has 0 amide bonds. The van der Waals surface area contributed by atoms with Gasteiger partial charge in [-0.15, -0.1) is 0 Å². The molecule has 0 spiro atoms. The lowest BCUT2D eigenvalue weighted by molar-refractivity contribution is -0.138. The van der Waals surface area contributed by atoms with Crippen molar-refractivity contribution in [2.24, 2.45) is 16.8 Å². The number of hydrogen-bond acceptors (Lipinski definition) is 4. The Bertz CT molecular complexity index is 1160. The van der Waals surface area contributed by atoms with Gasteiger partial charge < -0.3 is 14.9 Å². The summed E-state index contributed by atoms with van der Waals surface area (Å²) >= 11 is 0. The number of aliphatic carboxylic acids is 1. The largest absolute Gasteiger partial charge is 0.488 e. The fourth-order valence-electron chi connectivity index (χ4n) is 3.82. The predicted molar refractivity (Wildman–Crippen MR) is 124 cm³/mol. The number of ether oxygens (including phenoxy) is 1. The molecule has 0 unspecified atom stereocenters. The first-order chi connectivity index (χ1) is 15.6. The smallest absolute Gasteiger partial charge is 0.335 e. The van der Waals surface area contributed by atoms with Gasteiger partial charge in [0.1, 0.15) is 18.2 Å². The molecule has 0 radical (unpaired) electrons. The number of carboxylic acid groups (broad SMARTS) is 2. The third-order valence-electron chi connectivity index (χ3n) is 5.69. The molecule has 1 saturated carbocycles. The summed E-state index contributed by atoms with van der Waals surface area (Å²) in [6, 6.07) is 7.91. The first kappa shape index (κ1) is 23.9. The molecule has 0 aromatic heterocycles. The molecular formula is C26H26FNO5. The zero-order chi connectivity index (χ0) is 24.3. The van der Waals surface area contributed by atoms with E-state index >= 15 is 0 Å². The summed E-state index contributed by atoms with van der Waals surface area (Å²) in [5, 5.41) is 18.3. The summed E-state index contributed by atoms with van der Waals surface area (Å²) in [4.78, 5) is 26.5. The summed E-state index contributed by atoms with van der Waals surface area (Å²) in [7, 11) is 0. The van der Waals surface area contributed by atoms with Crippen molar-refractivity contribution in [2.45, 2.75) is 33.8 Å². The van der Waals surface area contributed by atoms with E-state index in [4.69, 9.17) is 9.84 Å². The maximum absolute atomic E-state index is 14.5. The van der Waals surface area contributed by atoms with E-state index in [1.807, 2.05) is 13.8 Å². The van der Waals surface area contributed by atoms with E-state index in [2.05, 4.69) is 11.6 Å². The van der Waals surface area contributed by atoms with Crippen molar-refractivity contribution in [3.8, 4) is 11.1 Å². The third kappa shape index (κ3) is 5.55. The lowest BCUT2D eigenvalue weighted by Gasteiger charge is -2.14. The van der Waals surface area contributed by atoms with Gasteiger partial charge in [-0.2, -0.15) is 0 Å². The number of aromatic carboxylic acids is 1. The van der Waals surface area contributed by atoms with Crippen LogP contribution in [0.25, 0.3) is 11.1 Å². The lowest BCUT2D eigenvalue weighted by Crippen LogP contribution is -2.02. The summed E-state index contributed by atoms with van der Waals surface area (Å²) in [5.74, 6) is -2.45. The summed E-state index contributed by atoms with van der Waals surface area (Å²) in [5.41, 5.74) is 4.21. The fraction of sp³-hybridized carbons (Fsp3) is 0.269. The second kappa shape index (κ2) is 9.81. The molecule has 6 nitrogen and oxygen atoms in total. The molecule has 0 bridgehead atoms. The molecule has 2 N–H and O–H groups in total. The average Bonchev–Trinajstić information content (AvgIpc) is 3.56. The maximum atomic E-state index is 14.5. The van der Waals surface area contributed by atoms with Crippen molar-refractivity contribution in [3.63, 3.8) is 0 Å². The monoisotopic (exact) mass is 451 g/mol. The Balaban J connectivity index is 1.74. The first-order valence-corrected chi connectivity index (χ1v) is 10.5. The van der Waals surface area contributed by atoms with Gasteiger partial charge in [-0.1, -0.05) is 12.6 Å². The Hall–Kier alpha value is -3.74. The second-order valence-electron chi connectivity index (χ2n) is 8.11. The number of allylic oxidation sites excluding steroid dienone is 3. The zero-order valence-electron chi connectivity index (χ0n) is 18.8. The van der Waals surface area contributed by atoms with Crippen molar-refractivity contribution in [1.29, 1.82) is 0 Å². The van der Waals surface area contributed by atoms with Gasteiger partial charge in [-0.25, -0.2) is 9.18 Å². The van der Waals surface area contributed by atoms with Gasteiger partial charge in [0.05, 0.1) is 17.7 Å². The molecule has 7 heteroatoms. The topological polar surface area (TPSA) is 96.2 Å². The Morgan fingerprint density at radius 2 is 1.85 bits per heavy atom. The van der Waals surface area contributed by atoms with Gasteiger partial charge in [-0.3, -0.25) is 9.79 Å². The van der Waals surface area contributed by atoms with Gasteiger partial charge in [0.15, 0.2) is 0 Å². The van der Waals surface area contributed by atoms with E-state index in [0.29, 0.717) is 23.4 Å². The number of carboxylic acids is 2. The minimum atomic E-state index is -0.996. The number of nitrogens with zero attached hydrogens (tertiary/aromatic N) is 1. The van der Waals surface area contributed by atoms with E-state index in [9.17, 15) is 19.1 Å². The number of benzene rings is 2. The van der Waals surface area contributed by atoms with E-state index in [1.54, 1.807) is 37.3 Å². The summed E-state index contributed by atoms with van der Waals surface area (Å²) in [6.07, 6.45) is 3.67. The minimum absolute atomic E-state index is 0.0374. The Morgan fingerprint density at radius 1 is 1.18 bits per heavy atom. The van der Waals surface area contributed by atoms with Crippen LogP contribution in [0.15, 0.2) is 59.4 Å². The standard InChI is InChI=1S/C26H26FNO5/c1-5-20(12-28-16(4)21-11-22(21)26(31)32)33-13-19-10-17(6-7-23(19)27)24-14(2)8-18(25(29)30)9-15(24)3/h5-10,12,21-22H,4,11,13H2,1-3H3,(H,29,30)(H,31,32)/b20-5+,28-12-/t21-,22+/m1/s1. The first-order valence-electron chi connectivity index (χ1n) is 10.5. The highest BCUT2D eigenvalue weighted by atomic mass is 19.1. The number of rotatable bonds is 9. The Kier molecular flexibility index (Phi) is 7.11. The third-order valence-corrected chi connectivity index (χ3v) is 5.69. The molecule has 3 rings (SSSR count). The molecule has 0 saturated heterocycles. The molecular weight excluding hydrogens is 425 g/mol. The Morgan fingerprint density at radius 3 is 2.39 bits per heavy atom. The molecule has 33 heavy (non-hydrogen) atoms. The molecule has 2 aromatic rings. The normalized spacial score (nSPS) is 17.8. The molecule has 0 aliphatic heterocycles. The number of halogens is 1. The van der Waals surface area contributed by atoms with Crippen LogP contribution in [-0.4, -0.2) is 28.4 Å². The number of carbonyl (C=O) groups is 2. The van der Waals surface area contributed by atoms with E-state index < -0.39 is 23.7 Å². The number of aliphatic imine (C=N–C) groups is 1. The highest BCUT2D eigenvalue weighted by Gasteiger charge is 2.45. The molecule has 1 aliphatic carbocycles. The van der Waals surface area contributed by atoms with E-state index in [-0.39, 0.29) is 18.1 Å². The minimum Gasteiger partial charge on any atom is -0.488 e. The summed E-state index contributed by atoms with van der Waals surface area (Å²) < 4.78 is 20.2. The van der Waals surface area contributed by atoms with Crippen LogP contribution in [0.1, 0.15) is 40.4 Å². The fourth-order valence-corrected chi connectivity index (χ4v) is 3.82. The van der Waals surface area contributed by atoms with Crippen LogP contribution in [0.4, 0.5) is 4.39 Å². The van der Waals surface area contributed by atoms with Gasteiger partial charge >= 0.3 is 11.9 Å². The molecule has 0 heterocycles. The van der Waals surface area contributed by atoms with Gasteiger partial charge in [0, 0.05) is 17.2 Å². The van der Waals surface area contributed by atoms with E-state index in [1.165, 1.54) is 12.3 Å². The van der Waals surface area contributed by atoms with Crippen molar-refractivity contribution >= 4 is 18.2 Å². The van der Waals surface area contributed by atoms with Crippen LogP contribution in [0.2, 0.25) is 0 Å². The second-order valence-corrected chi connectivity index (χ2v) is 8.11. The lowest BCUT2D eigenvalue weighted by atomic mass is 9.92. The summed E-state index contributed by atoms with van der Waals surface area (Å²) in [6.45, 7) is 9.19. The molecule has 172 valence electrons. The van der Waals surface area contributed by atoms with Crippen molar-refractivity contribution in [3.05, 3.63) is 82.5 Å². The van der Waals surface area contributed by atoms with Crippen molar-refractivity contribution in [2.75, 3.05) is 0 Å². The van der Waals surface area contributed by atoms with Crippen LogP contribution in [0.5, 0.6) is 0 Å². The van der Waals surface area contributed by atoms with Gasteiger partial charge in [0.2, 0.25) is 0 Å². The van der Waals surface area contributed by atoms with E-state index in [0.717, 1.165) is 22.3 Å². The van der Waals surface area contributed by atoms with Gasteiger partial charge in [-0.05, 0) is 79.8 Å². The molecule has 1 aliphatic rings. The number of aryl methyl sites for hydroxylation is 2. The average molecular weight is 451 g/mol. The zero-order valence-corrected chi connectivity index (χ0v) is 18.8. The van der Waals surface area contributed by atoms with Crippen molar-refractivity contribution < 1.29 is 28.9 Å². The SMILES string of the molecule is C=C(/N=C\C(=C/C)OCc1cc(-c2c(C)cc(C(=O)O)cc2C)ccc1F)[C@H]1C[C@@H]1C(=O)O. The van der Waals surface area contributed by atoms with Crippen molar-refractivity contribution in [1.82, 2.24) is 0 Å². The van der Waals surface area contributed by atoms with Crippen LogP contribution < -0.4 is 0 Å². The predicted octanol–water partition coefficient (Wildman–Crippen LogP) is 5.53. The van der Waals surface area contributed by atoms with Crippen LogP contribution >= 0.6 is 0 Å². The van der Waals surface area contributed by atoms with Crippen LogP contribution in [0.3, 0.4) is 0 Å². The molecule has 2 aromatic carbocycles. The molecule has 1 fully saturated rings. The van der Waals surface area contributed by atoms with Crippen LogP contribution in [-0.2, 0) is 16.1 Å². The molecule has 2 atom stereocenters. The maximum Gasteiger partial charge on any atom is 0.335 e.